The summed E-state index contributed by atoms with van der Waals surface area (Å²) in [5, 5.41) is 11.6. The van der Waals surface area contributed by atoms with Gasteiger partial charge in [0.1, 0.15) is 0 Å². The molecule has 0 fully saturated rings. The number of nitrogens with one attached hydrogen (secondary N) is 1. The second-order valence-corrected chi connectivity index (χ2v) is 4.42. The van der Waals surface area contributed by atoms with Gasteiger partial charge >= 0.3 is 5.97 Å². The Labute approximate surface area is 112 Å². The summed E-state index contributed by atoms with van der Waals surface area (Å²) in [5.74, 6) is -1.13. The molecule has 5 heteroatoms. The first-order valence-electron chi connectivity index (χ1n) is 6.37. The number of hydrogen-bond acceptors (Lipinski definition) is 3. The summed E-state index contributed by atoms with van der Waals surface area (Å²) in [4.78, 5) is 22.5. The van der Waals surface area contributed by atoms with Crippen LogP contribution in [0.15, 0.2) is 30.3 Å². The van der Waals surface area contributed by atoms with Crippen LogP contribution in [0.1, 0.15) is 37.8 Å². The van der Waals surface area contributed by atoms with E-state index in [-0.39, 0.29) is 18.4 Å². The Morgan fingerprint density at radius 1 is 1.32 bits per heavy atom. The van der Waals surface area contributed by atoms with Crippen LogP contribution in [0.3, 0.4) is 0 Å². The molecular weight excluding hydrogens is 244 g/mol. The van der Waals surface area contributed by atoms with E-state index in [4.69, 9.17) is 10.8 Å². The Morgan fingerprint density at radius 2 is 1.95 bits per heavy atom. The van der Waals surface area contributed by atoms with E-state index in [0.29, 0.717) is 12.8 Å². The molecule has 0 aliphatic carbocycles. The van der Waals surface area contributed by atoms with E-state index in [9.17, 15) is 9.59 Å². The zero-order chi connectivity index (χ0) is 14.3. The summed E-state index contributed by atoms with van der Waals surface area (Å²) < 4.78 is 0. The molecule has 0 aliphatic rings. The van der Waals surface area contributed by atoms with Crippen LogP contribution >= 0.6 is 0 Å². The number of benzene rings is 1. The number of carbonyl (C=O) groups is 2. The zero-order valence-electron chi connectivity index (χ0n) is 11.0. The molecule has 1 aromatic rings. The first kappa shape index (κ1) is 15.2. The molecule has 0 aromatic heterocycles. The van der Waals surface area contributed by atoms with Gasteiger partial charge in [-0.2, -0.15) is 0 Å². The van der Waals surface area contributed by atoms with E-state index in [2.05, 4.69) is 5.32 Å². The maximum Gasteiger partial charge on any atom is 0.303 e. The van der Waals surface area contributed by atoms with Crippen LogP contribution in [0.25, 0.3) is 0 Å². The Hall–Kier alpha value is -1.88. The number of amides is 1. The topological polar surface area (TPSA) is 92.4 Å². The van der Waals surface area contributed by atoms with Gasteiger partial charge in [0.2, 0.25) is 5.91 Å². The van der Waals surface area contributed by atoms with Crippen molar-refractivity contribution < 1.29 is 14.7 Å². The standard InChI is InChI=1S/C14H20N2O3/c1-2-11(15)14(19)16-12(8-9-13(17)18)10-6-4-3-5-7-10/h3-7,11-12H,2,8-9,15H2,1H3,(H,16,19)(H,17,18). The molecule has 1 amide bonds. The Morgan fingerprint density at radius 3 is 2.47 bits per heavy atom. The van der Waals surface area contributed by atoms with Crippen LogP contribution in [0.5, 0.6) is 0 Å². The molecule has 1 rings (SSSR count). The van der Waals surface area contributed by atoms with E-state index in [1.54, 1.807) is 0 Å². The molecule has 0 spiro atoms. The van der Waals surface area contributed by atoms with E-state index < -0.39 is 12.0 Å². The monoisotopic (exact) mass is 264 g/mol. The molecule has 5 nitrogen and oxygen atoms in total. The average molecular weight is 264 g/mol. The Balaban J connectivity index is 2.75. The van der Waals surface area contributed by atoms with Gasteiger partial charge in [-0.15, -0.1) is 0 Å². The van der Waals surface area contributed by atoms with E-state index in [1.807, 2.05) is 37.3 Å². The van der Waals surface area contributed by atoms with Crippen molar-refractivity contribution in [2.45, 2.75) is 38.3 Å². The van der Waals surface area contributed by atoms with Gasteiger partial charge in [0.25, 0.3) is 0 Å². The molecule has 0 bridgehead atoms. The smallest absolute Gasteiger partial charge is 0.303 e. The summed E-state index contributed by atoms with van der Waals surface area (Å²) in [6, 6.07) is 8.44. The zero-order valence-corrected chi connectivity index (χ0v) is 11.0. The van der Waals surface area contributed by atoms with Crippen LogP contribution in [-0.2, 0) is 9.59 Å². The molecule has 2 atom stereocenters. The van der Waals surface area contributed by atoms with Crippen LogP contribution in [-0.4, -0.2) is 23.0 Å². The summed E-state index contributed by atoms with van der Waals surface area (Å²) in [6.07, 6.45) is 0.898. The molecule has 0 saturated carbocycles. The maximum absolute atomic E-state index is 11.8. The number of nitrogens with two attached hydrogens (primary N) is 1. The summed E-state index contributed by atoms with van der Waals surface area (Å²) in [5.41, 5.74) is 6.56. The van der Waals surface area contributed by atoms with Gasteiger partial charge in [0.05, 0.1) is 12.1 Å². The molecule has 0 heterocycles. The third-order valence-electron chi connectivity index (χ3n) is 2.94. The Bertz CT molecular complexity index is 420. The van der Waals surface area contributed by atoms with Crippen LogP contribution in [0, 0.1) is 0 Å². The second-order valence-electron chi connectivity index (χ2n) is 4.42. The van der Waals surface area contributed by atoms with Crippen LogP contribution in [0.2, 0.25) is 0 Å². The molecule has 0 saturated heterocycles. The van der Waals surface area contributed by atoms with Crippen molar-refractivity contribution in [1.29, 1.82) is 0 Å². The van der Waals surface area contributed by atoms with Crippen molar-refractivity contribution in [2.75, 3.05) is 0 Å². The van der Waals surface area contributed by atoms with Gasteiger partial charge in [0.15, 0.2) is 0 Å². The summed E-state index contributed by atoms with van der Waals surface area (Å²) >= 11 is 0. The lowest BCUT2D eigenvalue weighted by molar-refractivity contribution is -0.137. The van der Waals surface area contributed by atoms with Gasteiger partial charge in [-0.1, -0.05) is 37.3 Å². The van der Waals surface area contributed by atoms with Crippen LogP contribution < -0.4 is 11.1 Å². The molecule has 4 N–H and O–H groups in total. The first-order chi connectivity index (χ1) is 9.04. The van der Waals surface area contributed by atoms with Crippen molar-refractivity contribution in [3.05, 3.63) is 35.9 Å². The normalized spacial score (nSPS) is 13.6. The second kappa shape index (κ2) is 7.53. The highest BCUT2D eigenvalue weighted by molar-refractivity contribution is 5.81. The fourth-order valence-electron chi connectivity index (χ4n) is 1.74. The molecule has 1 aromatic carbocycles. The van der Waals surface area contributed by atoms with Gasteiger partial charge in [-0.25, -0.2) is 0 Å². The minimum Gasteiger partial charge on any atom is -0.481 e. The van der Waals surface area contributed by atoms with Gasteiger partial charge in [-0.05, 0) is 18.4 Å². The van der Waals surface area contributed by atoms with E-state index in [1.165, 1.54) is 0 Å². The number of carboxylic acid groups (broad SMARTS) is 1. The fourth-order valence-corrected chi connectivity index (χ4v) is 1.74. The SMILES string of the molecule is CCC(N)C(=O)NC(CCC(=O)O)c1ccccc1. The minimum atomic E-state index is -0.880. The highest BCUT2D eigenvalue weighted by Crippen LogP contribution is 2.18. The summed E-state index contributed by atoms with van der Waals surface area (Å²) in [6.45, 7) is 1.83. The van der Waals surface area contributed by atoms with Crippen molar-refractivity contribution in [3.8, 4) is 0 Å². The number of carboxylic acids is 1. The highest BCUT2D eigenvalue weighted by Gasteiger charge is 2.18. The third-order valence-corrected chi connectivity index (χ3v) is 2.94. The quantitative estimate of drug-likeness (QED) is 0.695. The summed E-state index contributed by atoms with van der Waals surface area (Å²) in [7, 11) is 0. The van der Waals surface area contributed by atoms with E-state index in [0.717, 1.165) is 5.56 Å². The number of carbonyl (C=O) groups excluding carboxylic acids is 1. The fraction of sp³-hybridized carbons (Fsp3) is 0.429. The lowest BCUT2D eigenvalue weighted by Crippen LogP contribution is -2.41. The number of aliphatic carboxylic acids is 1. The largest absolute Gasteiger partial charge is 0.481 e. The number of hydrogen-bond donors (Lipinski definition) is 3. The Kier molecular flexibility index (Phi) is 6.02. The predicted octanol–water partition coefficient (Wildman–Crippen LogP) is 1.45. The van der Waals surface area contributed by atoms with Crippen molar-refractivity contribution in [2.24, 2.45) is 5.73 Å². The minimum absolute atomic E-state index is 0.00119. The molecule has 104 valence electrons. The van der Waals surface area contributed by atoms with Gasteiger partial charge in [0, 0.05) is 6.42 Å². The first-order valence-corrected chi connectivity index (χ1v) is 6.37. The lowest BCUT2D eigenvalue weighted by Gasteiger charge is -2.20. The van der Waals surface area contributed by atoms with Crippen molar-refractivity contribution >= 4 is 11.9 Å². The lowest BCUT2D eigenvalue weighted by atomic mass is 10.0. The van der Waals surface area contributed by atoms with Gasteiger partial charge in [-0.3, -0.25) is 9.59 Å². The van der Waals surface area contributed by atoms with Gasteiger partial charge < -0.3 is 16.2 Å². The molecular formula is C14H20N2O3. The number of rotatable bonds is 7. The van der Waals surface area contributed by atoms with Crippen molar-refractivity contribution in [1.82, 2.24) is 5.32 Å². The molecule has 19 heavy (non-hydrogen) atoms. The molecule has 0 aliphatic heterocycles. The predicted molar refractivity (Wildman–Crippen MR) is 72.5 cm³/mol. The third kappa shape index (κ3) is 5.09. The highest BCUT2D eigenvalue weighted by atomic mass is 16.4. The van der Waals surface area contributed by atoms with Crippen LogP contribution in [0.4, 0.5) is 0 Å². The molecule has 0 radical (unpaired) electrons. The van der Waals surface area contributed by atoms with E-state index >= 15 is 0 Å². The van der Waals surface area contributed by atoms with Crippen molar-refractivity contribution in [3.63, 3.8) is 0 Å². The maximum atomic E-state index is 11.8. The molecule has 2 unspecified atom stereocenters. The average Bonchev–Trinajstić information content (AvgIpc) is 2.42.